The van der Waals surface area contributed by atoms with Gasteiger partial charge in [-0.1, -0.05) is 24.3 Å². The first kappa shape index (κ1) is 12.1. The summed E-state index contributed by atoms with van der Waals surface area (Å²) in [5.41, 5.74) is 0. The van der Waals surface area contributed by atoms with E-state index < -0.39 is 0 Å². The number of methoxy groups -OCH3 is 1. The van der Waals surface area contributed by atoms with Gasteiger partial charge in [-0.2, -0.15) is 0 Å². The molecule has 0 aliphatic carbocycles. The molecule has 1 N–H and O–H groups in total. The van der Waals surface area contributed by atoms with Gasteiger partial charge in [0.1, 0.15) is 5.82 Å². The molecule has 0 saturated carbocycles. The Morgan fingerprint density at radius 2 is 2.18 bits per heavy atom. The van der Waals surface area contributed by atoms with Crippen LogP contribution in [0.15, 0.2) is 36.5 Å². The molecule has 0 radical (unpaired) electrons. The molecule has 1 aromatic carbocycles. The second-order valence-electron chi connectivity index (χ2n) is 3.81. The third kappa shape index (κ3) is 3.08. The first-order valence-corrected chi connectivity index (χ1v) is 5.95. The molecule has 90 valence electrons. The predicted octanol–water partition coefficient (Wildman–Crippen LogP) is 2.90. The first-order valence-electron chi connectivity index (χ1n) is 5.52. The van der Waals surface area contributed by atoms with Crippen LogP contribution in [0.25, 0.3) is 10.8 Å². The van der Waals surface area contributed by atoms with E-state index in [0.717, 1.165) is 11.2 Å². The van der Waals surface area contributed by atoms with E-state index >= 15 is 0 Å². The minimum Gasteiger partial charge on any atom is -0.383 e. The Bertz CT molecular complexity index is 484. The van der Waals surface area contributed by atoms with Gasteiger partial charge in [0, 0.05) is 25.2 Å². The van der Waals surface area contributed by atoms with Gasteiger partial charge in [-0.05, 0) is 11.5 Å². The fourth-order valence-electron chi connectivity index (χ4n) is 1.71. The highest BCUT2D eigenvalue weighted by Gasteiger charge is 2.06. The van der Waals surface area contributed by atoms with Gasteiger partial charge in [-0.25, -0.2) is 4.98 Å². The van der Waals surface area contributed by atoms with Crippen LogP contribution in [-0.4, -0.2) is 30.6 Å². The molecule has 1 heterocycles. The number of nitrogens with one attached hydrogen (secondary N) is 1. The second kappa shape index (κ2) is 5.84. The lowest BCUT2D eigenvalue weighted by molar-refractivity contribution is 0.200. The fourth-order valence-corrected chi connectivity index (χ4v) is 1.91. The van der Waals surface area contributed by atoms with Crippen LogP contribution in [0.3, 0.4) is 0 Å². The van der Waals surface area contributed by atoms with Gasteiger partial charge in [0.2, 0.25) is 0 Å². The largest absolute Gasteiger partial charge is 0.383 e. The van der Waals surface area contributed by atoms with Crippen LogP contribution in [0.4, 0.5) is 5.82 Å². The maximum Gasteiger partial charge on any atom is 0.133 e. The number of benzene rings is 1. The topological polar surface area (TPSA) is 34.1 Å². The van der Waals surface area contributed by atoms with Gasteiger partial charge >= 0.3 is 0 Å². The number of rotatable bonds is 5. The lowest BCUT2D eigenvalue weighted by Crippen LogP contribution is -2.19. The molecule has 2 rings (SSSR count). The van der Waals surface area contributed by atoms with Gasteiger partial charge < -0.3 is 10.1 Å². The van der Waals surface area contributed by atoms with Crippen molar-refractivity contribution in [2.45, 2.75) is 5.38 Å². The molecule has 1 atom stereocenters. The van der Waals surface area contributed by atoms with Crippen molar-refractivity contribution in [1.82, 2.24) is 4.98 Å². The highest BCUT2D eigenvalue weighted by atomic mass is 35.5. The van der Waals surface area contributed by atoms with Gasteiger partial charge in [-0.3, -0.25) is 0 Å². The molecule has 1 aromatic heterocycles. The molecule has 4 heteroatoms. The van der Waals surface area contributed by atoms with Crippen LogP contribution < -0.4 is 5.32 Å². The lowest BCUT2D eigenvalue weighted by atomic mass is 10.1. The zero-order chi connectivity index (χ0) is 12.1. The van der Waals surface area contributed by atoms with Crippen LogP contribution in [0, 0.1) is 0 Å². The number of hydrogen-bond acceptors (Lipinski definition) is 3. The lowest BCUT2D eigenvalue weighted by Gasteiger charge is -2.11. The van der Waals surface area contributed by atoms with E-state index in [1.165, 1.54) is 5.39 Å². The highest BCUT2D eigenvalue weighted by molar-refractivity contribution is 6.21. The standard InChI is InChI=1S/C13H15ClN2O/c1-17-9-11(14)8-16-13-12-5-3-2-4-10(12)6-7-15-13/h2-7,11H,8-9H2,1H3,(H,15,16). The van der Waals surface area contributed by atoms with Crippen LogP contribution in [0.5, 0.6) is 0 Å². The van der Waals surface area contributed by atoms with Crippen molar-refractivity contribution in [3.8, 4) is 0 Å². The summed E-state index contributed by atoms with van der Waals surface area (Å²) in [6.45, 7) is 1.16. The van der Waals surface area contributed by atoms with Crippen molar-refractivity contribution in [3.05, 3.63) is 36.5 Å². The van der Waals surface area contributed by atoms with Gasteiger partial charge in [0.25, 0.3) is 0 Å². The molecule has 0 aliphatic rings. The number of hydrogen-bond donors (Lipinski definition) is 1. The molecule has 1 unspecified atom stereocenters. The number of ether oxygens (including phenoxy) is 1. The van der Waals surface area contributed by atoms with E-state index in [-0.39, 0.29) is 5.38 Å². The Hall–Kier alpha value is -1.32. The molecule has 0 bridgehead atoms. The average molecular weight is 251 g/mol. The summed E-state index contributed by atoms with van der Waals surface area (Å²) in [5, 5.41) is 5.47. The Balaban J connectivity index is 2.13. The summed E-state index contributed by atoms with van der Waals surface area (Å²) in [6.07, 6.45) is 1.80. The summed E-state index contributed by atoms with van der Waals surface area (Å²) < 4.78 is 4.99. The highest BCUT2D eigenvalue weighted by Crippen LogP contribution is 2.20. The zero-order valence-electron chi connectivity index (χ0n) is 9.69. The van der Waals surface area contributed by atoms with Crippen molar-refractivity contribution in [2.24, 2.45) is 0 Å². The van der Waals surface area contributed by atoms with Crippen LogP contribution in [0.1, 0.15) is 0 Å². The first-order chi connectivity index (χ1) is 8.31. The molecule has 0 spiro atoms. The van der Waals surface area contributed by atoms with Gasteiger partial charge in [0.05, 0.1) is 12.0 Å². The number of halogens is 1. The van der Waals surface area contributed by atoms with E-state index in [1.54, 1.807) is 13.3 Å². The van der Waals surface area contributed by atoms with Crippen molar-refractivity contribution >= 4 is 28.2 Å². The number of nitrogens with zero attached hydrogens (tertiary/aromatic N) is 1. The smallest absolute Gasteiger partial charge is 0.133 e. The number of pyridine rings is 1. The van der Waals surface area contributed by atoms with Crippen molar-refractivity contribution in [1.29, 1.82) is 0 Å². The van der Waals surface area contributed by atoms with Crippen LogP contribution >= 0.6 is 11.6 Å². The quantitative estimate of drug-likeness (QED) is 0.829. The Morgan fingerprint density at radius 3 is 3.00 bits per heavy atom. The van der Waals surface area contributed by atoms with Crippen LogP contribution in [0.2, 0.25) is 0 Å². The van der Waals surface area contributed by atoms with E-state index in [4.69, 9.17) is 16.3 Å². The summed E-state index contributed by atoms with van der Waals surface area (Å²) in [7, 11) is 1.64. The normalized spacial score (nSPS) is 12.6. The fraction of sp³-hybridized carbons (Fsp3) is 0.308. The third-order valence-electron chi connectivity index (χ3n) is 2.51. The van der Waals surface area contributed by atoms with E-state index in [0.29, 0.717) is 13.2 Å². The van der Waals surface area contributed by atoms with Gasteiger partial charge in [0.15, 0.2) is 0 Å². The monoisotopic (exact) mass is 250 g/mol. The molecule has 3 nitrogen and oxygen atoms in total. The SMILES string of the molecule is COCC(Cl)CNc1nccc2ccccc12. The number of anilines is 1. The van der Waals surface area contributed by atoms with Crippen molar-refractivity contribution in [2.75, 3.05) is 25.6 Å². The van der Waals surface area contributed by atoms with Crippen molar-refractivity contribution < 1.29 is 4.74 Å². The summed E-state index contributed by atoms with van der Waals surface area (Å²) in [4.78, 5) is 4.33. The molecule has 0 amide bonds. The van der Waals surface area contributed by atoms with Crippen LogP contribution in [-0.2, 0) is 4.74 Å². The predicted molar refractivity (Wildman–Crippen MR) is 71.7 cm³/mol. The Labute approximate surface area is 106 Å². The minimum atomic E-state index is -0.0548. The number of alkyl halides is 1. The number of fused-ring (bicyclic) bond motifs is 1. The summed E-state index contributed by atoms with van der Waals surface area (Å²) in [5.74, 6) is 0.866. The minimum absolute atomic E-state index is 0.0548. The van der Waals surface area contributed by atoms with E-state index in [2.05, 4.69) is 16.4 Å². The Morgan fingerprint density at radius 1 is 1.35 bits per heavy atom. The molecule has 17 heavy (non-hydrogen) atoms. The molecular formula is C13H15ClN2O. The van der Waals surface area contributed by atoms with E-state index in [1.807, 2.05) is 24.3 Å². The second-order valence-corrected chi connectivity index (χ2v) is 4.43. The number of aromatic nitrogens is 1. The van der Waals surface area contributed by atoms with Crippen molar-refractivity contribution in [3.63, 3.8) is 0 Å². The average Bonchev–Trinajstić information content (AvgIpc) is 2.36. The molecule has 0 aliphatic heterocycles. The summed E-state index contributed by atoms with van der Waals surface area (Å²) >= 11 is 6.07. The van der Waals surface area contributed by atoms with E-state index in [9.17, 15) is 0 Å². The molecule has 2 aromatic rings. The third-order valence-corrected chi connectivity index (χ3v) is 2.79. The zero-order valence-corrected chi connectivity index (χ0v) is 10.4. The molecular weight excluding hydrogens is 236 g/mol. The Kier molecular flexibility index (Phi) is 4.18. The molecule has 0 fully saturated rings. The van der Waals surface area contributed by atoms with Gasteiger partial charge in [-0.15, -0.1) is 11.6 Å². The maximum atomic E-state index is 6.07. The maximum absolute atomic E-state index is 6.07. The molecule has 0 saturated heterocycles. The summed E-state index contributed by atoms with van der Waals surface area (Å²) in [6, 6.07) is 10.1.